The van der Waals surface area contributed by atoms with Crippen LogP contribution in [0.3, 0.4) is 0 Å². The number of hydrogen-bond donors (Lipinski definition) is 0. The average Bonchev–Trinajstić information content (AvgIpc) is 2.98. The zero-order valence-corrected chi connectivity index (χ0v) is 15.8. The predicted molar refractivity (Wildman–Crippen MR) is 90.2 cm³/mol. The van der Waals surface area contributed by atoms with Gasteiger partial charge in [0.15, 0.2) is 0 Å². The van der Waals surface area contributed by atoms with E-state index in [0.29, 0.717) is 7.44 Å². The van der Waals surface area contributed by atoms with Crippen molar-refractivity contribution >= 4 is 0 Å². The van der Waals surface area contributed by atoms with E-state index in [1.807, 2.05) is 0 Å². The van der Waals surface area contributed by atoms with Gasteiger partial charge in [-0.3, -0.25) is 0 Å². The molecule has 0 aliphatic heterocycles. The third-order valence-corrected chi connectivity index (χ3v) is 7.09. The fraction of sp³-hybridized carbons (Fsp3) is 0.600. The zero-order chi connectivity index (χ0) is 15.3. The van der Waals surface area contributed by atoms with Crippen LogP contribution in [0.4, 0.5) is 0 Å². The van der Waals surface area contributed by atoms with E-state index in [2.05, 4.69) is 64.2 Å². The summed E-state index contributed by atoms with van der Waals surface area (Å²) in [7, 11) is 0. The molecule has 21 heavy (non-hydrogen) atoms. The molecule has 0 amide bonds. The van der Waals surface area contributed by atoms with Crippen molar-refractivity contribution in [1.29, 1.82) is 0 Å². The Bertz CT molecular complexity index is 436. The molecule has 0 aromatic rings. The van der Waals surface area contributed by atoms with Gasteiger partial charge < -0.3 is 0 Å². The Kier molecular flexibility index (Phi) is 5.92. The third kappa shape index (κ3) is 4.83. The molecule has 0 aromatic carbocycles. The van der Waals surface area contributed by atoms with E-state index in [1.54, 1.807) is 11.1 Å². The molecule has 0 nitrogen and oxygen atoms in total. The van der Waals surface area contributed by atoms with Crippen molar-refractivity contribution < 1.29 is 19.2 Å². The van der Waals surface area contributed by atoms with Crippen molar-refractivity contribution in [2.24, 2.45) is 0 Å². The molecule has 0 bridgehead atoms. The van der Waals surface area contributed by atoms with Gasteiger partial charge in [-0.25, -0.2) is 0 Å². The Balaban J connectivity index is 1.99. The second-order valence-corrected chi connectivity index (χ2v) is 10.8. The Hall–Kier alpha value is -0.326. The Morgan fingerprint density at radius 1 is 0.810 bits per heavy atom. The molecule has 0 spiro atoms. The van der Waals surface area contributed by atoms with Crippen LogP contribution in [0, 0.1) is 0 Å². The summed E-state index contributed by atoms with van der Waals surface area (Å²) in [6.07, 6.45) is 22.6. The van der Waals surface area contributed by atoms with Gasteiger partial charge in [-0.2, -0.15) is 0 Å². The van der Waals surface area contributed by atoms with Gasteiger partial charge in [-0.05, 0) is 0 Å². The van der Waals surface area contributed by atoms with E-state index >= 15 is 0 Å². The van der Waals surface area contributed by atoms with Crippen LogP contribution in [0.15, 0.2) is 47.6 Å². The summed E-state index contributed by atoms with van der Waals surface area (Å²) in [5.74, 6) is 0. The van der Waals surface area contributed by atoms with Gasteiger partial charge in [-0.1, -0.05) is 0 Å². The van der Waals surface area contributed by atoms with Gasteiger partial charge in [-0.15, -0.1) is 0 Å². The van der Waals surface area contributed by atoms with E-state index in [-0.39, 0.29) is 19.2 Å². The second kappa shape index (κ2) is 7.29. The fourth-order valence-corrected chi connectivity index (χ4v) is 6.47. The number of unbranched alkanes of at least 4 members (excludes halogenated alkanes) is 2. The number of rotatable bonds is 8. The van der Waals surface area contributed by atoms with Crippen LogP contribution in [0.5, 0.6) is 0 Å². The maximum absolute atomic E-state index is 2.57. The quantitative estimate of drug-likeness (QED) is 0.432. The van der Waals surface area contributed by atoms with Crippen LogP contribution in [0.2, 0.25) is 7.44 Å². The summed E-state index contributed by atoms with van der Waals surface area (Å²) in [6.45, 7) is 9.44. The van der Waals surface area contributed by atoms with Gasteiger partial charge in [0, 0.05) is 0 Å². The van der Waals surface area contributed by atoms with E-state index in [9.17, 15) is 0 Å². The van der Waals surface area contributed by atoms with Crippen LogP contribution >= 0.6 is 0 Å². The van der Waals surface area contributed by atoms with Crippen LogP contribution < -0.4 is 0 Å². The summed E-state index contributed by atoms with van der Waals surface area (Å²) >= 11 is -0.119. The number of allylic oxidation sites excluding steroid dienone is 8. The Morgan fingerprint density at radius 3 is 1.62 bits per heavy atom. The van der Waals surface area contributed by atoms with Crippen molar-refractivity contribution in [2.75, 3.05) is 0 Å². The number of hydrogen-bond acceptors (Lipinski definition) is 0. The topological polar surface area (TPSA) is 0 Å². The first-order valence-electron chi connectivity index (χ1n) is 8.60. The van der Waals surface area contributed by atoms with E-state index in [0.717, 1.165) is 0 Å². The molecule has 0 heterocycles. The molecular weight excluding hydrogens is 288 g/mol. The third-order valence-electron chi connectivity index (χ3n) is 4.43. The first-order valence-corrected chi connectivity index (χ1v) is 10.2. The van der Waals surface area contributed by atoms with Crippen molar-refractivity contribution in [3.8, 4) is 0 Å². The minimum absolute atomic E-state index is 0.119. The molecule has 114 valence electrons. The molecule has 1 heteroatoms. The second-order valence-electron chi connectivity index (χ2n) is 7.00. The summed E-state index contributed by atoms with van der Waals surface area (Å²) in [5.41, 5.74) is 3.15. The molecule has 0 fully saturated rings. The standard InChI is InChI=1S/2C10H15.Ti/c2*1-3-4-5-10-7-6-9(2)8-10;/h2*6-8H,3-5H2,1-2H3;. The normalized spacial score (nSPS) is 30.7. The molecule has 2 unspecified atom stereocenters. The molecule has 2 aliphatic rings. The van der Waals surface area contributed by atoms with Gasteiger partial charge in [0.1, 0.15) is 0 Å². The van der Waals surface area contributed by atoms with E-state index < -0.39 is 0 Å². The Morgan fingerprint density at radius 2 is 1.24 bits per heavy atom. The van der Waals surface area contributed by atoms with Crippen molar-refractivity contribution in [1.82, 2.24) is 0 Å². The summed E-state index contributed by atoms with van der Waals surface area (Å²) in [5, 5.41) is 0. The fourth-order valence-electron chi connectivity index (χ4n) is 3.33. The van der Waals surface area contributed by atoms with Crippen LogP contribution in [0.25, 0.3) is 0 Å². The van der Waals surface area contributed by atoms with Gasteiger partial charge in [0.25, 0.3) is 0 Å². The van der Waals surface area contributed by atoms with E-state index in [1.165, 1.54) is 38.5 Å². The summed E-state index contributed by atoms with van der Waals surface area (Å²) in [6, 6.07) is 0. The molecule has 2 aliphatic carbocycles. The first kappa shape index (κ1) is 17.0. The zero-order valence-electron chi connectivity index (χ0n) is 14.2. The molecule has 0 N–H and O–H groups in total. The predicted octanol–water partition coefficient (Wildman–Crippen LogP) is 6.80. The summed E-state index contributed by atoms with van der Waals surface area (Å²) < 4.78 is 0.720. The van der Waals surface area contributed by atoms with Gasteiger partial charge >= 0.3 is 140 Å². The molecule has 0 radical (unpaired) electrons. The molecular formula is C20H30Ti. The average molecular weight is 318 g/mol. The van der Waals surface area contributed by atoms with Crippen LogP contribution in [-0.4, -0.2) is 0 Å². The molecule has 2 rings (SSSR count). The van der Waals surface area contributed by atoms with Crippen LogP contribution in [0.1, 0.15) is 66.2 Å². The maximum atomic E-state index is 2.57. The SMILES string of the molecule is CCCCC1=C[C](C)([Ti][C]2(C)C=CC(CCCC)=C2)C=C1. The molecule has 0 saturated heterocycles. The Labute approximate surface area is 140 Å². The molecule has 0 aromatic heterocycles. The molecule has 0 saturated carbocycles. The van der Waals surface area contributed by atoms with Gasteiger partial charge in [0.2, 0.25) is 0 Å². The van der Waals surface area contributed by atoms with Crippen molar-refractivity contribution in [2.45, 2.75) is 73.7 Å². The van der Waals surface area contributed by atoms with E-state index in [4.69, 9.17) is 0 Å². The first-order chi connectivity index (χ1) is 9.99. The monoisotopic (exact) mass is 318 g/mol. The van der Waals surface area contributed by atoms with Crippen molar-refractivity contribution in [3.63, 3.8) is 0 Å². The van der Waals surface area contributed by atoms with Crippen LogP contribution in [-0.2, 0) is 19.2 Å². The molecule has 2 atom stereocenters. The summed E-state index contributed by atoms with van der Waals surface area (Å²) in [4.78, 5) is 0. The van der Waals surface area contributed by atoms with Crippen molar-refractivity contribution in [3.05, 3.63) is 47.6 Å². The minimum atomic E-state index is -0.119. The van der Waals surface area contributed by atoms with Gasteiger partial charge in [0.05, 0.1) is 0 Å².